The number of methoxy groups -OCH3 is 1. The molecule has 86 valence electrons. The maximum Gasteiger partial charge on any atom is 0.0656 e. The Labute approximate surface area is 88.6 Å². The normalized spacial score (nSPS) is 16.3. The highest BCUT2D eigenvalue weighted by molar-refractivity contribution is 4.85. The van der Waals surface area contributed by atoms with E-state index in [1.54, 1.807) is 7.11 Å². The minimum atomic E-state index is -0.0242. The topological polar surface area (TPSA) is 38.5 Å². The van der Waals surface area contributed by atoms with Gasteiger partial charge in [-0.05, 0) is 32.9 Å². The van der Waals surface area contributed by atoms with Crippen LogP contribution in [0.2, 0.25) is 0 Å². The summed E-state index contributed by atoms with van der Waals surface area (Å²) >= 11 is 0. The quantitative estimate of drug-likeness (QED) is 0.677. The molecule has 0 bridgehead atoms. The van der Waals surface area contributed by atoms with Gasteiger partial charge in [-0.1, -0.05) is 13.8 Å². The third-order valence-corrected chi connectivity index (χ3v) is 2.86. The van der Waals surface area contributed by atoms with Crippen LogP contribution in [0.15, 0.2) is 0 Å². The molecular weight excluding hydrogens is 176 g/mol. The Kier molecular flexibility index (Phi) is 6.33. The van der Waals surface area contributed by atoms with E-state index in [1.807, 2.05) is 0 Å². The molecule has 14 heavy (non-hydrogen) atoms. The number of nitrogens with zero attached hydrogens (tertiary/aromatic N) is 1. The number of hydrogen-bond acceptors (Lipinski definition) is 3. The zero-order chi connectivity index (χ0) is 11.2. The third kappa shape index (κ3) is 4.40. The van der Waals surface area contributed by atoms with Crippen LogP contribution in [-0.4, -0.2) is 44.3 Å². The molecule has 0 aliphatic rings. The smallest absolute Gasteiger partial charge is 0.0656 e. The lowest BCUT2D eigenvalue weighted by Crippen LogP contribution is -2.53. The van der Waals surface area contributed by atoms with Gasteiger partial charge in [0.25, 0.3) is 0 Å². The van der Waals surface area contributed by atoms with Gasteiger partial charge in [-0.25, -0.2) is 0 Å². The van der Waals surface area contributed by atoms with E-state index in [2.05, 4.69) is 32.7 Å². The van der Waals surface area contributed by atoms with Crippen LogP contribution in [0.4, 0.5) is 0 Å². The number of nitrogens with two attached hydrogens (primary N) is 1. The van der Waals surface area contributed by atoms with Gasteiger partial charge in [0.1, 0.15) is 0 Å². The van der Waals surface area contributed by atoms with Crippen LogP contribution in [0.5, 0.6) is 0 Å². The van der Waals surface area contributed by atoms with Crippen LogP contribution < -0.4 is 5.73 Å². The van der Waals surface area contributed by atoms with E-state index >= 15 is 0 Å². The van der Waals surface area contributed by atoms with Crippen LogP contribution >= 0.6 is 0 Å². The first-order chi connectivity index (χ1) is 6.46. The van der Waals surface area contributed by atoms with E-state index in [0.29, 0.717) is 13.2 Å². The first kappa shape index (κ1) is 13.9. The second-order valence-corrected chi connectivity index (χ2v) is 4.74. The molecule has 0 saturated carbocycles. The zero-order valence-electron chi connectivity index (χ0n) is 10.3. The van der Waals surface area contributed by atoms with Gasteiger partial charge in [-0.15, -0.1) is 0 Å². The number of likely N-dealkylation sites (N-methyl/N-ethyl adjacent to an activating group) is 1. The molecule has 2 N–H and O–H groups in total. The van der Waals surface area contributed by atoms with Gasteiger partial charge in [-0.2, -0.15) is 0 Å². The lowest BCUT2D eigenvalue weighted by Gasteiger charge is -2.37. The van der Waals surface area contributed by atoms with Gasteiger partial charge in [-0.3, -0.25) is 4.90 Å². The van der Waals surface area contributed by atoms with Gasteiger partial charge in [0.2, 0.25) is 0 Å². The molecule has 0 rings (SSSR count). The third-order valence-electron chi connectivity index (χ3n) is 2.86. The fraction of sp³-hybridized carbons (Fsp3) is 1.00. The van der Waals surface area contributed by atoms with Crippen molar-refractivity contribution in [1.82, 2.24) is 4.90 Å². The van der Waals surface area contributed by atoms with E-state index in [9.17, 15) is 0 Å². The Morgan fingerprint density at radius 3 is 2.36 bits per heavy atom. The minimum Gasteiger partial charge on any atom is -0.383 e. The van der Waals surface area contributed by atoms with Crippen LogP contribution in [0.25, 0.3) is 0 Å². The molecule has 0 amide bonds. The molecule has 0 aromatic heterocycles. The molecule has 0 fully saturated rings. The van der Waals surface area contributed by atoms with Crippen molar-refractivity contribution in [2.45, 2.75) is 32.7 Å². The molecule has 0 heterocycles. The Morgan fingerprint density at radius 2 is 2.00 bits per heavy atom. The van der Waals surface area contributed by atoms with Gasteiger partial charge >= 0.3 is 0 Å². The summed E-state index contributed by atoms with van der Waals surface area (Å²) in [5, 5.41) is 0. The maximum atomic E-state index is 5.78. The number of hydrogen-bond donors (Lipinski definition) is 1. The summed E-state index contributed by atoms with van der Waals surface area (Å²) in [4.78, 5) is 2.30. The van der Waals surface area contributed by atoms with E-state index in [0.717, 1.165) is 12.5 Å². The zero-order valence-corrected chi connectivity index (χ0v) is 10.3. The molecule has 0 aromatic rings. The molecule has 0 aromatic carbocycles. The van der Waals surface area contributed by atoms with Crippen LogP contribution in [-0.2, 0) is 4.74 Å². The van der Waals surface area contributed by atoms with Gasteiger partial charge in [0.05, 0.1) is 12.1 Å². The molecule has 1 atom stereocenters. The van der Waals surface area contributed by atoms with Gasteiger partial charge in [0.15, 0.2) is 0 Å². The van der Waals surface area contributed by atoms with E-state index < -0.39 is 0 Å². The van der Waals surface area contributed by atoms with E-state index in [-0.39, 0.29) is 5.54 Å². The van der Waals surface area contributed by atoms with Crippen LogP contribution in [0.1, 0.15) is 27.2 Å². The summed E-state index contributed by atoms with van der Waals surface area (Å²) in [6.07, 6.45) is 1.20. The Bertz CT molecular complexity index is 150. The summed E-state index contributed by atoms with van der Waals surface area (Å²) in [5.41, 5.74) is 5.75. The molecule has 0 aliphatic carbocycles. The molecule has 3 nitrogen and oxygen atoms in total. The van der Waals surface area contributed by atoms with Crippen molar-refractivity contribution in [2.75, 3.05) is 33.9 Å². The molecule has 3 heteroatoms. The monoisotopic (exact) mass is 202 g/mol. The van der Waals surface area contributed by atoms with Gasteiger partial charge < -0.3 is 10.5 Å². The van der Waals surface area contributed by atoms with Crippen molar-refractivity contribution in [2.24, 2.45) is 11.7 Å². The average Bonchev–Trinajstić information content (AvgIpc) is 2.14. The predicted octanol–water partition coefficient (Wildman–Crippen LogP) is 1.33. The highest BCUT2D eigenvalue weighted by atomic mass is 16.5. The summed E-state index contributed by atoms with van der Waals surface area (Å²) in [6, 6.07) is 0. The van der Waals surface area contributed by atoms with Crippen molar-refractivity contribution in [1.29, 1.82) is 0 Å². The van der Waals surface area contributed by atoms with Crippen molar-refractivity contribution in [3.63, 3.8) is 0 Å². The van der Waals surface area contributed by atoms with Crippen molar-refractivity contribution >= 4 is 0 Å². The maximum absolute atomic E-state index is 5.78. The van der Waals surface area contributed by atoms with Crippen molar-refractivity contribution in [3.05, 3.63) is 0 Å². The lowest BCUT2D eigenvalue weighted by atomic mass is 10.0. The summed E-state index contributed by atoms with van der Waals surface area (Å²) in [7, 11) is 3.85. The van der Waals surface area contributed by atoms with E-state index in [1.165, 1.54) is 6.42 Å². The standard InChI is InChI=1S/C11H26N2O/c1-10(2)6-7-13(4)11(3,8-12)9-14-5/h10H,6-9,12H2,1-5H3. The second-order valence-electron chi connectivity index (χ2n) is 4.74. The molecule has 0 radical (unpaired) electrons. The summed E-state index contributed by atoms with van der Waals surface area (Å²) < 4.78 is 5.20. The molecule has 0 spiro atoms. The highest BCUT2D eigenvalue weighted by Crippen LogP contribution is 2.13. The predicted molar refractivity (Wildman–Crippen MR) is 61.4 cm³/mol. The first-order valence-electron chi connectivity index (χ1n) is 5.36. The SMILES string of the molecule is COCC(C)(CN)N(C)CCC(C)C. The Hall–Kier alpha value is -0.120. The summed E-state index contributed by atoms with van der Waals surface area (Å²) in [6.45, 7) is 9.03. The average molecular weight is 202 g/mol. The second kappa shape index (κ2) is 6.38. The molecule has 1 unspecified atom stereocenters. The Balaban J connectivity index is 4.08. The van der Waals surface area contributed by atoms with Gasteiger partial charge in [0, 0.05) is 13.7 Å². The lowest BCUT2D eigenvalue weighted by molar-refractivity contribution is 0.0412. The summed E-state index contributed by atoms with van der Waals surface area (Å²) in [5.74, 6) is 0.738. The Morgan fingerprint density at radius 1 is 1.43 bits per heavy atom. The van der Waals surface area contributed by atoms with E-state index in [4.69, 9.17) is 10.5 Å². The largest absolute Gasteiger partial charge is 0.383 e. The first-order valence-corrected chi connectivity index (χ1v) is 5.36. The number of ether oxygens (including phenoxy) is 1. The molecule has 0 aliphatic heterocycles. The highest BCUT2D eigenvalue weighted by Gasteiger charge is 2.27. The van der Waals surface area contributed by atoms with Crippen LogP contribution in [0, 0.1) is 5.92 Å². The number of rotatable bonds is 7. The fourth-order valence-corrected chi connectivity index (χ4v) is 1.36. The molecular formula is C11H26N2O. The minimum absolute atomic E-state index is 0.0242. The van der Waals surface area contributed by atoms with Crippen molar-refractivity contribution < 1.29 is 4.74 Å². The van der Waals surface area contributed by atoms with Crippen molar-refractivity contribution in [3.8, 4) is 0 Å². The van der Waals surface area contributed by atoms with Crippen LogP contribution in [0.3, 0.4) is 0 Å². The fourth-order valence-electron chi connectivity index (χ4n) is 1.36. The molecule has 0 saturated heterocycles.